The van der Waals surface area contributed by atoms with Gasteiger partial charge < -0.3 is 10.8 Å². The number of hydrogen-bond donors (Lipinski definition) is 2. The summed E-state index contributed by atoms with van der Waals surface area (Å²) in [7, 11) is -3.59. The second kappa shape index (κ2) is 7.07. The van der Waals surface area contributed by atoms with Crippen molar-refractivity contribution in [3.8, 4) is 0 Å². The van der Waals surface area contributed by atoms with Gasteiger partial charge in [-0.05, 0) is 43.4 Å². The molecule has 0 bridgehead atoms. The second-order valence-corrected chi connectivity index (χ2v) is 7.51. The molecule has 7 heteroatoms. The fraction of sp³-hybridized carbons (Fsp3) is 0.571. The molecular weight excluding hydrogens is 312 g/mol. The third-order valence-electron chi connectivity index (χ3n) is 3.84. The van der Waals surface area contributed by atoms with Crippen molar-refractivity contribution >= 4 is 21.6 Å². The van der Waals surface area contributed by atoms with Crippen molar-refractivity contribution in [3.63, 3.8) is 0 Å². The molecule has 2 rings (SSSR count). The molecule has 1 fully saturated rings. The lowest BCUT2D eigenvalue weighted by Crippen LogP contribution is -2.35. The maximum absolute atomic E-state index is 12.8. The summed E-state index contributed by atoms with van der Waals surface area (Å²) in [5.74, 6) is 0. The molecule has 0 aliphatic carbocycles. The van der Waals surface area contributed by atoms with E-state index in [0.717, 1.165) is 18.4 Å². The van der Waals surface area contributed by atoms with Crippen molar-refractivity contribution in [2.45, 2.75) is 43.2 Å². The highest BCUT2D eigenvalue weighted by Crippen LogP contribution is 2.32. The van der Waals surface area contributed by atoms with Gasteiger partial charge in [0.2, 0.25) is 10.0 Å². The summed E-state index contributed by atoms with van der Waals surface area (Å²) < 4.78 is 27.1. The van der Waals surface area contributed by atoms with Crippen LogP contribution in [0, 0.1) is 0 Å². The minimum Gasteiger partial charge on any atom is -0.396 e. The van der Waals surface area contributed by atoms with Crippen LogP contribution in [0.15, 0.2) is 23.1 Å². The van der Waals surface area contributed by atoms with Gasteiger partial charge >= 0.3 is 0 Å². The van der Waals surface area contributed by atoms with Gasteiger partial charge in [0, 0.05) is 25.7 Å². The van der Waals surface area contributed by atoms with Gasteiger partial charge in [-0.15, -0.1) is 0 Å². The Hall–Kier alpha value is -0.660. The topological polar surface area (TPSA) is 83.6 Å². The van der Waals surface area contributed by atoms with Crippen LogP contribution in [0.1, 0.15) is 31.2 Å². The second-order valence-electron chi connectivity index (χ2n) is 5.25. The standard InChI is InChI=1S/C14H21ClN2O3S/c15-13-9-11(10-16)5-6-14(13)21(19,20)17-7-1-3-12(17)4-2-8-18/h5-6,9,12,18H,1-4,7-8,10,16H2. The van der Waals surface area contributed by atoms with Crippen LogP contribution in [0.3, 0.4) is 0 Å². The van der Waals surface area contributed by atoms with Gasteiger partial charge in [0.1, 0.15) is 4.90 Å². The first-order chi connectivity index (χ1) is 10.0. The number of nitrogens with two attached hydrogens (primary N) is 1. The summed E-state index contributed by atoms with van der Waals surface area (Å²) >= 11 is 6.12. The smallest absolute Gasteiger partial charge is 0.244 e. The van der Waals surface area contributed by atoms with Crippen molar-refractivity contribution in [1.82, 2.24) is 4.31 Å². The Morgan fingerprint density at radius 1 is 1.43 bits per heavy atom. The van der Waals surface area contributed by atoms with E-state index in [1.54, 1.807) is 12.1 Å². The third kappa shape index (κ3) is 3.57. The van der Waals surface area contributed by atoms with Gasteiger partial charge in [-0.1, -0.05) is 17.7 Å². The molecule has 21 heavy (non-hydrogen) atoms. The number of aliphatic hydroxyl groups excluding tert-OH is 1. The van der Waals surface area contributed by atoms with E-state index in [2.05, 4.69) is 0 Å². The molecule has 1 unspecified atom stereocenters. The molecule has 5 nitrogen and oxygen atoms in total. The van der Waals surface area contributed by atoms with Gasteiger partial charge in [-0.25, -0.2) is 8.42 Å². The van der Waals surface area contributed by atoms with Crippen LogP contribution in [0.5, 0.6) is 0 Å². The van der Waals surface area contributed by atoms with E-state index in [0.29, 0.717) is 25.9 Å². The largest absolute Gasteiger partial charge is 0.396 e. The third-order valence-corrected chi connectivity index (χ3v) is 6.27. The molecule has 3 N–H and O–H groups in total. The van der Waals surface area contributed by atoms with Gasteiger partial charge in [0.25, 0.3) is 0 Å². The molecule has 118 valence electrons. The first-order valence-electron chi connectivity index (χ1n) is 7.12. The lowest BCUT2D eigenvalue weighted by molar-refractivity contribution is 0.264. The van der Waals surface area contributed by atoms with E-state index in [1.807, 2.05) is 0 Å². The Morgan fingerprint density at radius 3 is 2.81 bits per heavy atom. The highest BCUT2D eigenvalue weighted by Gasteiger charge is 2.35. The summed E-state index contributed by atoms with van der Waals surface area (Å²) in [6.45, 7) is 0.909. The monoisotopic (exact) mass is 332 g/mol. The van der Waals surface area contributed by atoms with Crippen LogP contribution in [-0.4, -0.2) is 37.0 Å². The van der Waals surface area contributed by atoms with Gasteiger partial charge in [0.15, 0.2) is 0 Å². The average Bonchev–Trinajstić information content (AvgIpc) is 2.93. The number of benzene rings is 1. The summed E-state index contributed by atoms with van der Waals surface area (Å²) in [6, 6.07) is 4.78. The predicted molar refractivity (Wildman–Crippen MR) is 82.6 cm³/mol. The molecule has 0 aromatic heterocycles. The number of hydrogen-bond acceptors (Lipinski definition) is 4. The zero-order chi connectivity index (χ0) is 15.5. The zero-order valence-corrected chi connectivity index (χ0v) is 13.4. The van der Waals surface area contributed by atoms with Crippen LogP contribution < -0.4 is 5.73 Å². The summed E-state index contributed by atoms with van der Waals surface area (Å²) in [5, 5.41) is 9.15. The summed E-state index contributed by atoms with van der Waals surface area (Å²) in [4.78, 5) is 0.136. The molecule has 1 saturated heterocycles. The SMILES string of the molecule is NCc1ccc(S(=O)(=O)N2CCCC2CCCO)c(Cl)c1. The molecule has 1 heterocycles. The fourth-order valence-corrected chi connectivity index (χ4v) is 5.01. The first kappa shape index (κ1) is 16.7. The van der Waals surface area contributed by atoms with E-state index < -0.39 is 10.0 Å². The van der Waals surface area contributed by atoms with Gasteiger partial charge in [0.05, 0.1) is 5.02 Å². The average molecular weight is 333 g/mol. The molecule has 1 aromatic rings. The molecule has 0 radical (unpaired) electrons. The van der Waals surface area contributed by atoms with Crippen LogP contribution >= 0.6 is 11.6 Å². The van der Waals surface area contributed by atoms with Crippen LogP contribution in [0.2, 0.25) is 5.02 Å². The Kier molecular flexibility index (Phi) is 5.62. The fourth-order valence-electron chi connectivity index (χ4n) is 2.75. The van der Waals surface area contributed by atoms with Crippen LogP contribution in [0.25, 0.3) is 0 Å². The zero-order valence-electron chi connectivity index (χ0n) is 11.8. The van der Waals surface area contributed by atoms with Gasteiger partial charge in [-0.3, -0.25) is 0 Å². The maximum atomic E-state index is 12.8. The number of nitrogens with zero attached hydrogens (tertiary/aromatic N) is 1. The number of sulfonamides is 1. The molecule has 0 saturated carbocycles. The van der Waals surface area contributed by atoms with Crippen molar-refractivity contribution < 1.29 is 13.5 Å². The van der Waals surface area contributed by atoms with Crippen molar-refractivity contribution in [1.29, 1.82) is 0 Å². The van der Waals surface area contributed by atoms with E-state index in [4.69, 9.17) is 22.4 Å². The molecular formula is C14H21ClN2O3S. The van der Waals surface area contributed by atoms with E-state index in [-0.39, 0.29) is 22.6 Å². The Balaban J connectivity index is 2.28. The van der Waals surface area contributed by atoms with E-state index >= 15 is 0 Å². The van der Waals surface area contributed by atoms with Crippen LogP contribution in [0.4, 0.5) is 0 Å². The Morgan fingerprint density at radius 2 is 2.19 bits per heavy atom. The molecule has 1 aliphatic rings. The minimum absolute atomic E-state index is 0.0487. The summed E-state index contributed by atoms with van der Waals surface area (Å²) in [5.41, 5.74) is 6.34. The Bertz CT molecular complexity index is 592. The summed E-state index contributed by atoms with van der Waals surface area (Å²) in [6.07, 6.45) is 2.95. The number of halogens is 1. The van der Waals surface area contributed by atoms with Gasteiger partial charge in [-0.2, -0.15) is 4.31 Å². The van der Waals surface area contributed by atoms with Crippen molar-refractivity contribution in [2.24, 2.45) is 5.73 Å². The maximum Gasteiger partial charge on any atom is 0.244 e. The molecule has 0 spiro atoms. The minimum atomic E-state index is -3.59. The molecule has 1 aromatic carbocycles. The Labute approximate surface area is 130 Å². The van der Waals surface area contributed by atoms with Crippen molar-refractivity contribution in [2.75, 3.05) is 13.2 Å². The quantitative estimate of drug-likeness (QED) is 0.831. The van der Waals surface area contributed by atoms with Crippen molar-refractivity contribution in [3.05, 3.63) is 28.8 Å². The normalized spacial score (nSPS) is 20.0. The lowest BCUT2D eigenvalue weighted by atomic mass is 10.1. The highest BCUT2D eigenvalue weighted by atomic mass is 35.5. The van der Waals surface area contributed by atoms with Crippen LogP contribution in [-0.2, 0) is 16.6 Å². The molecule has 1 atom stereocenters. The lowest BCUT2D eigenvalue weighted by Gasteiger charge is -2.24. The number of rotatable bonds is 6. The number of aliphatic hydroxyl groups is 1. The van der Waals surface area contributed by atoms with E-state index in [1.165, 1.54) is 10.4 Å². The van der Waals surface area contributed by atoms with E-state index in [9.17, 15) is 8.42 Å². The molecule has 1 aliphatic heterocycles. The predicted octanol–water partition coefficient (Wildman–Crippen LogP) is 1.72. The molecule has 0 amide bonds. The highest BCUT2D eigenvalue weighted by molar-refractivity contribution is 7.89. The first-order valence-corrected chi connectivity index (χ1v) is 8.93.